The molecule has 2 aromatic carbocycles. The van der Waals surface area contributed by atoms with Crippen LogP contribution in [0.5, 0.6) is 0 Å². The van der Waals surface area contributed by atoms with E-state index in [2.05, 4.69) is 59.1 Å². The number of hydrogen-bond acceptors (Lipinski definition) is 3. The predicted octanol–water partition coefficient (Wildman–Crippen LogP) is 5.70. The van der Waals surface area contributed by atoms with Crippen molar-refractivity contribution in [2.24, 2.45) is 10.2 Å². The largest absolute Gasteiger partial charge is 0.370 e. The lowest BCUT2D eigenvalue weighted by atomic mass is 10.2. The molecule has 0 radical (unpaired) electrons. The van der Waals surface area contributed by atoms with Gasteiger partial charge < -0.3 is 4.90 Å². The number of nitrogens with zero attached hydrogens (tertiary/aromatic N) is 3. The summed E-state index contributed by atoms with van der Waals surface area (Å²) in [5.74, 6) is 0. The summed E-state index contributed by atoms with van der Waals surface area (Å²) in [5.41, 5.74) is 2.93. The van der Waals surface area contributed by atoms with Crippen LogP contribution in [0.15, 0.2) is 64.8 Å². The summed E-state index contributed by atoms with van der Waals surface area (Å²) in [7, 11) is 0. The minimum Gasteiger partial charge on any atom is -0.370 e. The number of halogens is 2. The van der Waals surface area contributed by atoms with Crippen molar-refractivity contribution in [3.8, 4) is 0 Å². The van der Waals surface area contributed by atoms with Crippen LogP contribution in [0.2, 0.25) is 0 Å². The van der Waals surface area contributed by atoms with E-state index < -0.39 is 0 Å². The van der Waals surface area contributed by atoms with Gasteiger partial charge in [0.05, 0.1) is 11.4 Å². The van der Waals surface area contributed by atoms with Gasteiger partial charge in [-0.05, 0) is 36.4 Å². The SMILES string of the molecule is BrCCN(CCBr)c1ccc(N=Nc2ccccc2)cc1. The molecule has 2 aromatic rings. The lowest BCUT2D eigenvalue weighted by Gasteiger charge is -2.22. The molecule has 0 unspecified atom stereocenters. The molecule has 0 N–H and O–H groups in total. The van der Waals surface area contributed by atoms with E-state index in [1.54, 1.807) is 0 Å². The predicted molar refractivity (Wildman–Crippen MR) is 96.9 cm³/mol. The van der Waals surface area contributed by atoms with Gasteiger partial charge in [-0.3, -0.25) is 0 Å². The average Bonchev–Trinajstić information content (AvgIpc) is 2.54. The molecule has 110 valence electrons. The van der Waals surface area contributed by atoms with Crippen LogP contribution in [-0.2, 0) is 0 Å². The molecule has 3 nitrogen and oxygen atoms in total. The second-order valence-electron chi connectivity index (χ2n) is 4.42. The van der Waals surface area contributed by atoms with Crippen LogP contribution in [0.3, 0.4) is 0 Å². The molecule has 0 saturated heterocycles. The van der Waals surface area contributed by atoms with Crippen molar-refractivity contribution in [1.82, 2.24) is 0 Å². The molecule has 0 aliphatic rings. The van der Waals surface area contributed by atoms with Crippen LogP contribution < -0.4 is 4.90 Å². The van der Waals surface area contributed by atoms with E-state index in [0.717, 1.165) is 35.1 Å². The first kappa shape index (κ1) is 16.2. The Morgan fingerprint density at radius 3 is 1.76 bits per heavy atom. The maximum Gasteiger partial charge on any atom is 0.0858 e. The minimum atomic E-state index is 0.861. The van der Waals surface area contributed by atoms with Gasteiger partial charge in [-0.25, -0.2) is 0 Å². The van der Waals surface area contributed by atoms with Gasteiger partial charge >= 0.3 is 0 Å². The second kappa shape index (κ2) is 8.95. The summed E-state index contributed by atoms with van der Waals surface area (Å²) in [6.45, 7) is 1.97. The van der Waals surface area contributed by atoms with Gasteiger partial charge in [-0.15, -0.1) is 0 Å². The molecule has 0 fully saturated rings. The molecule has 0 bridgehead atoms. The number of benzene rings is 2. The quantitative estimate of drug-likeness (QED) is 0.425. The molecule has 0 aliphatic heterocycles. The summed E-state index contributed by atoms with van der Waals surface area (Å²) >= 11 is 6.98. The number of rotatable bonds is 7. The highest BCUT2D eigenvalue weighted by Crippen LogP contribution is 2.22. The fraction of sp³-hybridized carbons (Fsp3) is 0.250. The van der Waals surface area contributed by atoms with Crippen molar-refractivity contribution in [3.63, 3.8) is 0 Å². The van der Waals surface area contributed by atoms with Gasteiger partial charge in [0.15, 0.2) is 0 Å². The van der Waals surface area contributed by atoms with Crippen LogP contribution in [0, 0.1) is 0 Å². The van der Waals surface area contributed by atoms with Gasteiger partial charge in [0.2, 0.25) is 0 Å². The molecule has 21 heavy (non-hydrogen) atoms. The highest BCUT2D eigenvalue weighted by Gasteiger charge is 2.04. The second-order valence-corrected chi connectivity index (χ2v) is 6.00. The lowest BCUT2D eigenvalue weighted by molar-refractivity contribution is 0.885. The topological polar surface area (TPSA) is 28.0 Å². The smallest absolute Gasteiger partial charge is 0.0858 e. The number of anilines is 1. The van der Waals surface area contributed by atoms with Gasteiger partial charge in [-0.1, -0.05) is 50.1 Å². The summed E-state index contributed by atoms with van der Waals surface area (Å²) in [6, 6.07) is 17.9. The third-order valence-corrected chi connectivity index (χ3v) is 3.67. The molecule has 0 aromatic heterocycles. The third-order valence-electron chi connectivity index (χ3n) is 2.96. The Balaban J connectivity index is 2.06. The van der Waals surface area contributed by atoms with E-state index in [1.165, 1.54) is 5.69 Å². The Hall–Kier alpha value is -1.20. The maximum atomic E-state index is 4.26. The van der Waals surface area contributed by atoms with Gasteiger partial charge in [-0.2, -0.15) is 10.2 Å². The van der Waals surface area contributed by atoms with Crippen LogP contribution in [-0.4, -0.2) is 23.7 Å². The van der Waals surface area contributed by atoms with E-state index in [9.17, 15) is 0 Å². The zero-order valence-corrected chi connectivity index (χ0v) is 14.8. The monoisotopic (exact) mass is 409 g/mol. The Morgan fingerprint density at radius 2 is 1.24 bits per heavy atom. The van der Waals surface area contributed by atoms with Crippen molar-refractivity contribution in [2.75, 3.05) is 28.6 Å². The van der Waals surface area contributed by atoms with E-state index in [1.807, 2.05) is 42.5 Å². The van der Waals surface area contributed by atoms with Gasteiger partial charge in [0.25, 0.3) is 0 Å². The molecule has 2 rings (SSSR count). The molecule has 0 saturated carbocycles. The van der Waals surface area contributed by atoms with E-state index in [-0.39, 0.29) is 0 Å². The van der Waals surface area contributed by atoms with Gasteiger partial charge in [0, 0.05) is 29.4 Å². The molecule has 0 atom stereocenters. The first-order valence-electron chi connectivity index (χ1n) is 6.77. The van der Waals surface area contributed by atoms with Crippen LogP contribution in [0.1, 0.15) is 0 Å². The van der Waals surface area contributed by atoms with Crippen molar-refractivity contribution in [2.45, 2.75) is 0 Å². The Labute approximate surface area is 142 Å². The number of azo groups is 1. The minimum absolute atomic E-state index is 0.861. The summed E-state index contributed by atoms with van der Waals surface area (Å²) in [5, 5.41) is 10.4. The Bertz CT molecular complexity index is 549. The number of alkyl halides is 2. The van der Waals surface area contributed by atoms with Crippen molar-refractivity contribution < 1.29 is 0 Å². The molecule has 5 heteroatoms. The molecular weight excluding hydrogens is 394 g/mol. The molecule has 0 aliphatic carbocycles. The summed E-state index contributed by atoms with van der Waals surface area (Å²) < 4.78 is 0. The van der Waals surface area contributed by atoms with Crippen LogP contribution in [0.4, 0.5) is 17.1 Å². The van der Waals surface area contributed by atoms with E-state index >= 15 is 0 Å². The maximum absolute atomic E-state index is 4.26. The zero-order chi connectivity index (χ0) is 14.9. The van der Waals surface area contributed by atoms with Gasteiger partial charge in [0.1, 0.15) is 0 Å². The standard InChI is InChI=1S/C16H17Br2N3/c17-10-12-21(13-11-18)16-8-6-15(7-9-16)20-19-14-4-2-1-3-5-14/h1-9H,10-13H2. The Morgan fingerprint density at radius 1 is 0.714 bits per heavy atom. The summed E-state index contributed by atoms with van der Waals surface area (Å²) in [6.07, 6.45) is 0. The number of hydrogen-bond donors (Lipinski definition) is 0. The molecular formula is C16H17Br2N3. The van der Waals surface area contributed by atoms with Crippen LogP contribution in [0.25, 0.3) is 0 Å². The fourth-order valence-electron chi connectivity index (χ4n) is 1.91. The highest BCUT2D eigenvalue weighted by atomic mass is 79.9. The highest BCUT2D eigenvalue weighted by molar-refractivity contribution is 9.09. The van der Waals surface area contributed by atoms with E-state index in [4.69, 9.17) is 0 Å². The average molecular weight is 411 g/mol. The molecule has 0 amide bonds. The van der Waals surface area contributed by atoms with Crippen molar-refractivity contribution in [1.29, 1.82) is 0 Å². The molecule has 0 spiro atoms. The lowest BCUT2D eigenvalue weighted by Crippen LogP contribution is -2.27. The van der Waals surface area contributed by atoms with E-state index in [0.29, 0.717) is 0 Å². The van der Waals surface area contributed by atoms with Crippen molar-refractivity contribution in [3.05, 3.63) is 54.6 Å². The molecule has 0 heterocycles. The normalized spacial score (nSPS) is 11.0. The van der Waals surface area contributed by atoms with Crippen LogP contribution >= 0.6 is 31.9 Å². The first-order chi connectivity index (χ1) is 10.3. The Kier molecular flexibility index (Phi) is 6.89. The first-order valence-corrected chi connectivity index (χ1v) is 9.01. The summed E-state index contributed by atoms with van der Waals surface area (Å²) in [4.78, 5) is 2.32. The zero-order valence-electron chi connectivity index (χ0n) is 11.6. The third kappa shape index (κ3) is 5.25. The van der Waals surface area contributed by atoms with Crippen molar-refractivity contribution >= 4 is 48.9 Å². The fourth-order valence-corrected chi connectivity index (χ4v) is 2.77.